The average Bonchev–Trinajstić information content (AvgIpc) is 3.11. The molecule has 4 rings (SSSR count). The zero-order valence-corrected chi connectivity index (χ0v) is 16.2. The lowest BCUT2D eigenvalue weighted by atomic mass is 9.85. The third-order valence-electron chi connectivity index (χ3n) is 5.63. The van der Waals surface area contributed by atoms with Gasteiger partial charge in [-0.2, -0.15) is 0 Å². The Bertz CT molecular complexity index is 755. The molecule has 0 radical (unpaired) electrons. The third kappa shape index (κ3) is 4.94. The van der Waals surface area contributed by atoms with Crippen molar-refractivity contribution in [1.82, 2.24) is 30.0 Å². The van der Waals surface area contributed by atoms with Crippen LogP contribution >= 0.6 is 0 Å². The van der Waals surface area contributed by atoms with Gasteiger partial charge in [-0.3, -0.25) is 9.69 Å². The van der Waals surface area contributed by atoms with E-state index in [9.17, 15) is 4.79 Å². The lowest BCUT2D eigenvalue weighted by Gasteiger charge is -2.32. The van der Waals surface area contributed by atoms with E-state index in [1.165, 1.54) is 19.3 Å². The molecule has 0 N–H and O–H groups in total. The molecule has 2 aromatic rings. The summed E-state index contributed by atoms with van der Waals surface area (Å²) in [6, 6.07) is 10.2. The molecule has 1 aromatic carbocycles. The summed E-state index contributed by atoms with van der Waals surface area (Å²) in [5.41, 5.74) is 1.15. The van der Waals surface area contributed by atoms with Gasteiger partial charge in [-0.1, -0.05) is 36.8 Å². The van der Waals surface area contributed by atoms with Crippen LogP contribution in [0, 0.1) is 5.92 Å². The van der Waals surface area contributed by atoms with Crippen LogP contribution in [-0.4, -0.2) is 68.8 Å². The van der Waals surface area contributed by atoms with Crippen molar-refractivity contribution in [3.63, 3.8) is 0 Å². The normalized spacial score (nSPS) is 18.0. The van der Waals surface area contributed by atoms with Gasteiger partial charge in [0, 0.05) is 26.2 Å². The van der Waals surface area contributed by atoms with Gasteiger partial charge in [0.2, 0.25) is 5.91 Å². The topological polar surface area (TPSA) is 76.4 Å². The Balaban J connectivity index is 1.41. The van der Waals surface area contributed by atoms with E-state index in [4.69, 9.17) is 4.74 Å². The summed E-state index contributed by atoms with van der Waals surface area (Å²) < 4.78 is 7.04. The summed E-state index contributed by atoms with van der Waals surface area (Å²) in [6.45, 7) is 5.47. The highest BCUT2D eigenvalue weighted by Crippen LogP contribution is 2.27. The monoisotopic (exact) mass is 384 g/mol. The second kappa shape index (κ2) is 9.25. The van der Waals surface area contributed by atoms with Crippen molar-refractivity contribution < 1.29 is 9.53 Å². The van der Waals surface area contributed by atoms with Crippen LogP contribution in [0.4, 0.5) is 0 Å². The van der Waals surface area contributed by atoms with Gasteiger partial charge in [-0.05, 0) is 34.7 Å². The van der Waals surface area contributed by atoms with Gasteiger partial charge >= 0.3 is 0 Å². The SMILES string of the molecule is O=C(Cn1nnnc1CN1CCOCC1)N(Cc1ccccc1)CC1CCC1. The highest BCUT2D eigenvalue weighted by Gasteiger charge is 2.25. The maximum absolute atomic E-state index is 13.1. The van der Waals surface area contributed by atoms with E-state index in [1.807, 2.05) is 23.1 Å². The Kier molecular flexibility index (Phi) is 6.28. The lowest BCUT2D eigenvalue weighted by Crippen LogP contribution is -2.40. The summed E-state index contributed by atoms with van der Waals surface area (Å²) in [7, 11) is 0. The second-order valence-corrected chi connectivity index (χ2v) is 7.70. The Hall–Kier alpha value is -2.32. The number of ether oxygens (including phenoxy) is 1. The van der Waals surface area contributed by atoms with Crippen molar-refractivity contribution in [1.29, 1.82) is 0 Å². The van der Waals surface area contributed by atoms with Gasteiger partial charge in [-0.25, -0.2) is 4.68 Å². The van der Waals surface area contributed by atoms with Gasteiger partial charge < -0.3 is 9.64 Å². The fraction of sp³-hybridized carbons (Fsp3) is 0.600. The molecule has 1 amide bonds. The largest absolute Gasteiger partial charge is 0.379 e. The van der Waals surface area contributed by atoms with E-state index in [-0.39, 0.29) is 12.5 Å². The van der Waals surface area contributed by atoms with E-state index in [0.717, 1.165) is 44.2 Å². The maximum Gasteiger partial charge on any atom is 0.244 e. The van der Waals surface area contributed by atoms with E-state index >= 15 is 0 Å². The van der Waals surface area contributed by atoms with Crippen molar-refractivity contribution in [3.8, 4) is 0 Å². The molecule has 1 saturated carbocycles. The van der Waals surface area contributed by atoms with Crippen molar-refractivity contribution >= 4 is 5.91 Å². The molecule has 0 spiro atoms. The number of aromatic nitrogens is 4. The summed E-state index contributed by atoms with van der Waals surface area (Å²) in [5.74, 6) is 1.43. The summed E-state index contributed by atoms with van der Waals surface area (Å²) in [5, 5.41) is 12.0. The van der Waals surface area contributed by atoms with Gasteiger partial charge in [0.25, 0.3) is 0 Å². The van der Waals surface area contributed by atoms with E-state index in [0.29, 0.717) is 19.0 Å². The minimum absolute atomic E-state index is 0.0753. The molecular weight excluding hydrogens is 356 g/mol. The number of morpholine rings is 1. The van der Waals surface area contributed by atoms with E-state index < -0.39 is 0 Å². The molecule has 1 aliphatic heterocycles. The van der Waals surface area contributed by atoms with Gasteiger partial charge in [-0.15, -0.1) is 5.10 Å². The number of amides is 1. The first-order valence-corrected chi connectivity index (χ1v) is 10.1. The molecule has 1 aliphatic carbocycles. The first kappa shape index (κ1) is 19.0. The van der Waals surface area contributed by atoms with Crippen LogP contribution in [-0.2, 0) is 29.2 Å². The lowest BCUT2D eigenvalue weighted by molar-refractivity contribution is -0.133. The second-order valence-electron chi connectivity index (χ2n) is 7.70. The fourth-order valence-electron chi connectivity index (χ4n) is 3.69. The van der Waals surface area contributed by atoms with Gasteiger partial charge in [0.05, 0.1) is 19.8 Å². The van der Waals surface area contributed by atoms with Crippen LogP contribution in [0.25, 0.3) is 0 Å². The number of carbonyl (C=O) groups is 1. The van der Waals surface area contributed by atoms with Crippen molar-refractivity contribution in [3.05, 3.63) is 41.7 Å². The summed E-state index contributed by atoms with van der Waals surface area (Å²) >= 11 is 0. The van der Waals surface area contributed by atoms with Crippen LogP contribution in [0.3, 0.4) is 0 Å². The number of rotatable bonds is 8. The molecule has 0 bridgehead atoms. The van der Waals surface area contributed by atoms with Crippen LogP contribution in [0.2, 0.25) is 0 Å². The quantitative estimate of drug-likeness (QED) is 0.684. The van der Waals surface area contributed by atoms with Crippen LogP contribution in [0.15, 0.2) is 30.3 Å². The Morgan fingerprint density at radius 2 is 1.96 bits per heavy atom. The molecule has 0 atom stereocenters. The van der Waals surface area contributed by atoms with E-state index in [2.05, 4.69) is 32.6 Å². The molecule has 0 unspecified atom stereocenters. The first-order chi connectivity index (χ1) is 13.8. The molecule has 28 heavy (non-hydrogen) atoms. The van der Waals surface area contributed by atoms with Crippen LogP contribution in [0.5, 0.6) is 0 Å². The molecular formula is C20H28N6O2. The van der Waals surface area contributed by atoms with Gasteiger partial charge in [0.15, 0.2) is 5.82 Å². The van der Waals surface area contributed by atoms with Crippen molar-refractivity contribution in [2.75, 3.05) is 32.8 Å². The molecule has 2 aliphatic rings. The smallest absolute Gasteiger partial charge is 0.244 e. The Morgan fingerprint density at radius 3 is 2.68 bits per heavy atom. The van der Waals surface area contributed by atoms with Crippen LogP contribution < -0.4 is 0 Å². The molecule has 1 saturated heterocycles. The summed E-state index contributed by atoms with van der Waals surface area (Å²) in [6.07, 6.45) is 3.70. The first-order valence-electron chi connectivity index (χ1n) is 10.1. The average molecular weight is 384 g/mol. The molecule has 2 heterocycles. The number of benzene rings is 1. The zero-order valence-electron chi connectivity index (χ0n) is 16.2. The minimum atomic E-state index is 0.0753. The molecule has 8 heteroatoms. The third-order valence-corrected chi connectivity index (χ3v) is 5.63. The number of hydrogen-bond donors (Lipinski definition) is 0. The highest BCUT2D eigenvalue weighted by atomic mass is 16.5. The van der Waals surface area contributed by atoms with Crippen molar-refractivity contribution in [2.45, 2.75) is 38.9 Å². The Morgan fingerprint density at radius 1 is 1.18 bits per heavy atom. The summed E-state index contributed by atoms with van der Waals surface area (Å²) in [4.78, 5) is 17.3. The van der Waals surface area contributed by atoms with Gasteiger partial charge in [0.1, 0.15) is 6.54 Å². The van der Waals surface area contributed by atoms with Crippen molar-refractivity contribution in [2.24, 2.45) is 5.92 Å². The number of nitrogens with zero attached hydrogens (tertiary/aromatic N) is 6. The fourth-order valence-corrected chi connectivity index (χ4v) is 3.69. The predicted octanol–water partition coefficient (Wildman–Crippen LogP) is 1.33. The number of tetrazole rings is 1. The molecule has 1 aromatic heterocycles. The predicted molar refractivity (Wildman–Crippen MR) is 103 cm³/mol. The van der Waals surface area contributed by atoms with E-state index in [1.54, 1.807) is 4.68 Å². The highest BCUT2D eigenvalue weighted by molar-refractivity contribution is 5.76. The number of hydrogen-bond acceptors (Lipinski definition) is 6. The minimum Gasteiger partial charge on any atom is -0.379 e. The standard InChI is InChI=1S/C20H28N6O2/c27-20(16-26-19(21-22-23-26)15-24-9-11-28-12-10-24)25(14-18-7-4-8-18)13-17-5-2-1-3-6-17/h1-3,5-6,18H,4,7-16H2. The Labute approximate surface area is 165 Å². The molecule has 2 fully saturated rings. The molecule has 150 valence electrons. The number of carbonyl (C=O) groups excluding carboxylic acids is 1. The van der Waals surface area contributed by atoms with Crippen LogP contribution in [0.1, 0.15) is 30.7 Å². The maximum atomic E-state index is 13.1. The molecule has 8 nitrogen and oxygen atoms in total. The zero-order chi connectivity index (χ0) is 19.2.